The Labute approximate surface area is 197 Å². The van der Waals surface area contributed by atoms with Gasteiger partial charge in [-0.05, 0) is 62.4 Å². The van der Waals surface area contributed by atoms with Crippen molar-refractivity contribution in [2.24, 2.45) is 0 Å². The summed E-state index contributed by atoms with van der Waals surface area (Å²) < 4.78 is 38.6. The third-order valence-electron chi connectivity index (χ3n) is 4.39. The van der Waals surface area contributed by atoms with E-state index < -0.39 is 10.0 Å². The lowest BCUT2D eigenvalue weighted by molar-refractivity contribution is -0.113. The number of anilines is 2. The number of nitrogens with zero attached hydrogens (tertiary/aromatic N) is 2. The number of benzene rings is 2. The minimum atomic E-state index is -3.90. The summed E-state index contributed by atoms with van der Waals surface area (Å²) in [6.07, 6.45) is 0. The summed E-state index contributed by atoms with van der Waals surface area (Å²) in [5.74, 6) is 0.641. The number of thioether (sulfide) groups is 1. The summed E-state index contributed by atoms with van der Waals surface area (Å²) in [6, 6.07) is 12.6. The van der Waals surface area contributed by atoms with Crippen LogP contribution in [0.5, 0.6) is 11.5 Å². The molecular weight excluding hydrogens is 464 g/mol. The number of rotatable bonds is 9. The van der Waals surface area contributed by atoms with Crippen molar-refractivity contribution in [3.63, 3.8) is 0 Å². The molecule has 1 heterocycles. The molecule has 0 radical (unpaired) electrons. The van der Waals surface area contributed by atoms with Crippen molar-refractivity contribution in [1.82, 2.24) is 9.97 Å². The fourth-order valence-electron chi connectivity index (χ4n) is 2.90. The van der Waals surface area contributed by atoms with Gasteiger partial charge in [-0.25, -0.2) is 18.4 Å². The van der Waals surface area contributed by atoms with Gasteiger partial charge >= 0.3 is 0 Å². The van der Waals surface area contributed by atoms with Gasteiger partial charge in [-0.15, -0.1) is 0 Å². The van der Waals surface area contributed by atoms with E-state index in [9.17, 15) is 13.2 Å². The van der Waals surface area contributed by atoms with Crippen LogP contribution in [-0.2, 0) is 14.8 Å². The lowest BCUT2D eigenvalue weighted by Crippen LogP contribution is -2.17. The Morgan fingerprint density at radius 1 is 0.970 bits per heavy atom. The zero-order valence-electron chi connectivity index (χ0n) is 18.6. The molecule has 0 saturated heterocycles. The fourth-order valence-corrected chi connectivity index (χ4v) is 4.73. The van der Waals surface area contributed by atoms with Crippen LogP contribution in [0, 0.1) is 13.8 Å². The van der Waals surface area contributed by atoms with E-state index in [1.54, 1.807) is 24.3 Å². The summed E-state index contributed by atoms with van der Waals surface area (Å²) in [4.78, 5) is 21.1. The quantitative estimate of drug-likeness (QED) is 0.346. The molecular formula is C22H24N4O5S2. The van der Waals surface area contributed by atoms with Crippen molar-refractivity contribution in [3.05, 3.63) is 59.9 Å². The Balaban J connectivity index is 1.74. The Hall–Kier alpha value is -3.31. The predicted molar refractivity (Wildman–Crippen MR) is 128 cm³/mol. The van der Waals surface area contributed by atoms with Crippen molar-refractivity contribution in [1.29, 1.82) is 0 Å². The molecule has 3 aromatic rings. The first kappa shape index (κ1) is 24.3. The van der Waals surface area contributed by atoms with Crippen LogP contribution >= 0.6 is 11.8 Å². The van der Waals surface area contributed by atoms with Crippen molar-refractivity contribution >= 4 is 39.1 Å². The molecule has 9 nitrogen and oxygen atoms in total. The van der Waals surface area contributed by atoms with Crippen LogP contribution in [0.3, 0.4) is 0 Å². The smallest absolute Gasteiger partial charge is 0.261 e. The van der Waals surface area contributed by atoms with Gasteiger partial charge in [0, 0.05) is 17.1 Å². The largest absolute Gasteiger partial charge is 0.497 e. The Bertz CT molecular complexity index is 1230. The highest BCUT2D eigenvalue weighted by Gasteiger charge is 2.18. The summed E-state index contributed by atoms with van der Waals surface area (Å²) in [6.45, 7) is 3.71. The van der Waals surface area contributed by atoms with Crippen LogP contribution in [0.2, 0.25) is 0 Å². The Morgan fingerprint density at radius 3 is 2.24 bits per heavy atom. The molecule has 0 atom stereocenters. The number of carbonyl (C=O) groups excluding carboxylic acids is 1. The van der Waals surface area contributed by atoms with Gasteiger partial charge in [0.15, 0.2) is 5.16 Å². The molecule has 1 aromatic heterocycles. The monoisotopic (exact) mass is 488 g/mol. The van der Waals surface area contributed by atoms with Gasteiger partial charge in [-0.2, -0.15) is 0 Å². The van der Waals surface area contributed by atoms with Gasteiger partial charge in [-0.1, -0.05) is 11.8 Å². The van der Waals surface area contributed by atoms with E-state index in [0.717, 1.165) is 11.4 Å². The average molecular weight is 489 g/mol. The minimum absolute atomic E-state index is 0.0280. The number of hydrogen-bond acceptors (Lipinski definition) is 8. The molecule has 1 amide bonds. The second-order valence-electron chi connectivity index (χ2n) is 6.97. The maximum atomic E-state index is 12.9. The van der Waals surface area contributed by atoms with Crippen LogP contribution in [0.1, 0.15) is 11.4 Å². The predicted octanol–water partition coefficient (Wildman–Crippen LogP) is 3.64. The lowest BCUT2D eigenvalue weighted by Gasteiger charge is -2.13. The zero-order valence-corrected chi connectivity index (χ0v) is 20.2. The Morgan fingerprint density at radius 2 is 1.64 bits per heavy atom. The van der Waals surface area contributed by atoms with Gasteiger partial charge in [-0.3, -0.25) is 9.52 Å². The first-order valence-electron chi connectivity index (χ1n) is 9.80. The number of aromatic nitrogens is 2. The molecule has 2 aromatic carbocycles. The molecule has 0 spiro atoms. The first-order chi connectivity index (χ1) is 15.7. The molecule has 0 bridgehead atoms. The minimum Gasteiger partial charge on any atom is -0.497 e. The third kappa shape index (κ3) is 6.59. The highest BCUT2D eigenvalue weighted by molar-refractivity contribution is 7.99. The average Bonchev–Trinajstić information content (AvgIpc) is 2.77. The van der Waals surface area contributed by atoms with Crippen molar-refractivity contribution < 1.29 is 22.7 Å². The van der Waals surface area contributed by atoms with Crippen LogP contribution < -0.4 is 19.5 Å². The number of hydrogen-bond donors (Lipinski definition) is 2. The van der Waals surface area contributed by atoms with Crippen molar-refractivity contribution in [2.45, 2.75) is 23.9 Å². The van der Waals surface area contributed by atoms with Gasteiger partial charge in [0.05, 0.1) is 30.6 Å². The first-order valence-corrected chi connectivity index (χ1v) is 12.3. The van der Waals surface area contributed by atoms with Crippen LogP contribution in [-0.4, -0.2) is 44.3 Å². The van der Waals surface area contributed by atoms with E-state index in [2.05, 4.69) is 20.0 Å². The number of sulfonamides is 1. The van der Waals surface area contributed by atoms with Crippen LogP contribution in [0.4, 0.5) is 11.4 Å². The fraction of sp³-hybridized carbons (Fsp3) is 0.227. The second kappa shape index (κ2) is 10.5. The SMILES string of the molecule is COc1ccc(NS(=O)(=O)c2ccc(OC)c(NC(=O)CSc3nc(C)cc(C)n3)c2)cc1. The summed E-state index contributed by atoms with van der Waals surface area (Å²) in [5.41, 5.74) is 2.24. The molecule has 33 heavy (non-hydrogen) atoms. The van der Waals surface area contributed by atoms with Crippen molar-refractivity contribution in [3.8, 4) is 11.5 Å². The molecule has 0 fully saturated rings. The number of nitrogens with one attached hydrogen (secondary N) is 2. The lowest BCUT2D eigenvalue weighted by atomic mass is 10.3. The van der Waals surface area contributed by atoms with E-state index in [4.69, 9.17) is 9.47 Å². The molecule has 0 aliphatic carbocycles. The normalized spacial score (nSPS) is 11.0. The highest BCUT2D eigenvalue weighted by atomic mass is 32.2. The number of methoxy groups -OCH3 is 2. The molecule has 0 unspecified atom stereocenters. The standard InChI is InChI=1S/C22H24N4O5S2/c1-14-11-15(2)24-22(23-14)32-13-21(27)25-19-12-18(9-10-20(19)31-4)33(28,29)26-16-5-7-17(30-3)8-6-16/h5-12,26H,13H2,1-4H3,(H,25,27). The van der Waals surface area contributed by atoms with Crippen molar-refractivity contribution in [2.75, 3.05) is 30.0 Å². The van der Waals surface area contributed by atoms with E-state index in [1.807, 2.05) is 19.9 Å². The second-order valence-corrected chi connectivity index (χ2v) is 9.59. The summed E-state index contributed by atoms with van der Waals surface area (Å²) in [5, 5.41) is 3.20. The molecule has 0 aliphatic rings. The van der Waals surface area contributed by atoms with E-state index in [-0.39, 0.29) is 22.2 Å². The Kier molecular flexibility index (Phi) is 7.77. The zero-order chi connectivity index (χ0) is 24.0. The van der Waals surface area contributed by atoms with Crippen LogP contribution in [0.15, 0.2) is 58.6 Å². The maximum absolute atomic E-state index is 12.9. The summed E-state index contributed by atoms with van der Waals surface area (Å²) >= 11 is 1.19. The molecule has 0 saturated carbocycles. The van der Waals surface area contributed by atoms with E-state index in [0.29, 0.717) is 22.3 Å². The molecule has 2 N–H and O–H groups in total. The molecule has 0 aliphatic heterocycles. The van der Waals surface area contributed by atoms with Gasteiger partial charge < -0.3 is 14.8 Å². The number of ether oxygens (including phenoxy) is 2. The number of carbonyl (C=O) groups is 1. The van der Waals surface area contributed by atoms with Gasteiger partial charge in [0.1, 0.15) is 11.5 Å². The van der Waals surface area contributed by atoms with Gasteiger partial charge in [0.2, 0.25) is 5.91 Å². The topological polar surface area (TPSA) is 120 Å². The van der Waals surface area contributed by atoms with Gasteiger partial charge in [0.25, 0.3) is 10.0 Å². The third-order valence-corrected chi connectivity index (χ3v) is 6.62. The maximum Gasteiger partial charge on any atom is 0.261 e. The highest BCUT2D eigenvalue weighted by Crippen LogP contribution is 2.29. The van der Waals surface area contributed by atoms with E-state index >= 15 is 0 Å². The molecule has 174 valence electrons. The van der Waals surface area contributed by atoms with E-state index in [1.165, 1.54) is 44.2 Å². The molecule has 3 rings (SSSR count). The molecule has 11 heteroatoms. The summed E-state index contributed by atoms with van der Waals surface area (Å²) in [7, 11) is -0.939. The number of amides is 1. The van der Waals surface area contributed by atoms with Crippen LogP contribution in [0.25, 0.3) is 0 Å². The number of aryl methyl sites for hydroxylation is 2.